The molecule has 0 aliphatic carbocycles. The first-order chi connectivity index (χ1) is 10.1. The van der Waals surface area contributed by atoms with Crippen LogP contribution in [0.2, 0.25) is 0 Å². The fourth-order valence-corrected chi connectivity index (χ4v) is 2.39. The average Bonchev–Trinajstić information content (AvgIpc) is 2.99. The number of carbonyl (C=O) groups excluding carboxylic acids is 1. The molecular weight excluding hydrogens is 286 g/mol. The summed E-state index contributed by atoms with van der Waals surface area (Å²) >= 11 is 1.58. The van der Waals surface area contributed by atoms with Gasteiger partial charge in [0.2, 0.25) is 0 Å². The number of carbonyl (C=O) groups is 1. The number of hydrogen-bond donors (Lipinski definition) is 2. The van der Waals surface area contributed by atoms with E-state index in [0.717, 1.165) is 11.4 Å². The molecule has 0 bridgehead atoms. The maximum Gasteiger partial charge on any atom is 0.272 e. The Balaban J connectivity index is 2.04. The monoisotopic (exact) mass is 305 g/mol. The average molecular weight is 305 g/mol. The van der Waals surface area contributed by atoms with Crippen LogP contribution in [0.4, 0.5) is 5.69 Å². The predicted octanol–water partition coefficient (Wildman–Crippen LogP) is 2.07. The molecule has 0 saturated carbocycles. The molecule has 21 heavy (non-hydrogen) atoms. The summed E-state index contributed by atoms with van der Waals surface area (Å²) in [7, 11) is 1.75. The van der Waals surface area contributed by atoms with Crippen molar-refractivity contribution in [3.63, 3.8) is 0 Å². The number of hydrogen-bond acceptors (Lipinski definition) is 6. The summed E-state index contributed by atoms with van der Waals surface area (Å²) in [6.45, 7) is 4.54. The third-order valence-electron chi connectivity index (χ3n) is 2.92. The quantitative estimate of drug-likeness (QED) is 0.854. The second kappa shape index (κ2) is 7.12. The number of nitrogens with one attached hydrogen (secondary N) is 2. The third-order valence-corrected chi connectivity index (χ3v) is 3.76. The Morgan fingerprint density at radius 3 is 2.81 bits per heavy atom. The van der Waals surface area contributed by atoms with E-state index in [9.17, 15) is 4.79 Å². The van der Waals surface area contributed by atoms with E-state index in [2.05, 4.69) is 25.6 Å². The summed E-state index contributed by atoms with van der Waals surface area (Å²) in [6.07, 6.45) is 4.14. The minimum atomic E-state index is -0.194. The minimum Gasteiger partial charge on any atom is -0.385 e. The Morgan fingerprint density at radius 1 is 1.38 bits per heavy atom. The van der Waals surface area contributed by atoms with Crippen molar-refractivity contribution in [2.75, 3.05) is 18.9 Å². The first-order valence-corrected chi connectivity index (χ1v) is 7.71. The summed E-state index contributed by atoms with van der Waals surface area (Å²) in [5.74, 6) is 0.650. The van der Waals surface area contributed by atoms with Crippen LogP contribution in [0.1, 0.15) is 41.1 Å². The predicted molar refractivity (Wildman–Crippen MR) is 83.8 cm³/mol. The standard InChI is InChI=1S/C14H19N5OS/c1-9(2)13-18-8-10(15-3)12(19-13)14(20)17-5-4-11-16-6-7-21-11/h6-9,15H,4-5H2,1-3H3,(H,17,20). The van der Waals surface area contributed by atoms with E-state index in [1.54, 1.807) is 30.8 Å². The van der Waals surface area contributed by atoms with Crippen molar-refractivity contribution in [1.82, 2.24) is 20.3 Å². The van der Waals surface area contributed by atoms with E-state index >= 15 is 0 Å². The fraction of sp³-hybridized carbons (Fsp3) is 0.429. The van der Waals surface area contributed by atoms with Crippen molar-refractivity contribution in [1.29, 1.82) is 0 Å². The van der Waals surface area contributed by atoms with Crippen molar-refractivity contribution in [3.8, 4) is 0 Å². The van der Waals surface area contributed by atoms with Crippen LogP contribution in [0.15, 0.2) is 17.8 Å². The summed E-state index contributed by atoms with van der Waals surface area (Å²) in [5, 5.41) is 8.76. The van der Waals surface area contributed by atoms with Gasteiger partial charge in [-0.15, -0.1) is 11.3 Å². The molecule has 6 nitrogen and oxygen atoms in total. The number of nitrogens with zero attached hydrogens (tertiary/aromatic N) is 3. The van der Waals surface area contributed by atoms with Gasteiger partial charge in [-0.25, -0.2) is 15.0 Å². The first kappa shape index (κ1) is 15.4. The van der Waals surface area contributed by atoms with Crippen LogP contribution >= 0.6 is 11.3 Å². The van der Waals surface area contributed by atoms with Crippen LogP contribution in [0.25, 0.3) is 0 Å². The lowest BCUT2D eigenvalue weighted by atomic mass is 10.2. The van der Waals surface area contributed by atoms with Crippen molar-refractivity contribution in [2.45, 2.75) is 26.2 Å². The molecular formula is C14H19N5OS. The molecule has 2 heterocycles. The summed E-state index contributed by atoms with van der Waals surface area (Å²) in [6, 6.07) is 0. The highest BCUT2D eigenvalue weighted by Crippen LogP contribution is 2.15. The highest BCUT2D eigenvalue weighted by atomic mass is 32.1. The van der Waals surface area contributed by atoms with E-state index in [1.807, 2.05) is 19.2 Å². The van der Waals surface area contributed by atoms with Gasteiger partial charge in [0.25, 0.3) is 5.91 Å². The molecule has 2 aromatic heterocycles. The van der Waals surface area contributed by atoms with Gasteiger partial charge in [-0.1, -0.05) is 13.8 Å². The molecule has 0 atom stereocenters. The Hall–Kier alpha value is -2.02. The van der Waals surface area contributed by atoms with Crippen LogP contribution in [-0.2, 0) is 6.42 Å². The number of rotatable bonds is 6. The van der Waals surface area contributed by atoms with E-state index in [4.69, 9.17) is 0 Å². The third kappa shape index (κ3) is 3.98. The smallest absolute Gasteiger partial charge is 0.272 e. The molecule has 0 aromatic carbocycles. The lowest BCUT2D eigenvalue weighted by Crippen LogP contribution is -2.28. The molecule has 2 rings (SSSR count). The van der Waals surface area contributed by atoms with Gasteiger partial charge in [-0.05, 0) is 0 Å². The van der Waals surface area contributed by atoms with Crippen molar-refractivity contribution in [3.05, 3.63) is 34.3 Å². The Morgan fingerprint density at radius 2 is 2.19 bits per heavy atom. The largest absolute Gasteiger partial charge is 0.385 e. The zero-order chi connectivity index (χ0) is 15.2. The van der Waals surface area contributed by atoms with Gasteiger partial charge >= 0.3 is 0 Å². The number of thiazole rings is 1. The molecule has 0 spiro atoms. The van der Waals surface area contributed by atoms with Crippen molar-refractivity contribution in [2.24, 2.45) is 0 Å². The summed E-state index contributed by atoms with van der Waals surface area (Å²) in [5.41, 5.74) is 1.02. The SMILES string of the molecule is CNc1cnc(C(C)C)nc1C(=O)NCCc1nccs1. The van der Waals surface area contributed by atoms with E-state index in [0.29, 0.717) is 23.8 Å². The second-order valence-electron chi connectivity index (χ2n) is 4.83. The molecule has 0 aliphatic heterocycles. The number of aromatic nitrogens is 3. The van der Waals surface area contributed by atoms with Gasteiger partial charge in [0.05, 0.1) is 16.9 Å². The van der Waals surface area contributed by atoms with Crippen LogP contribution in [-0.4, -0.2) is 34.5 Å². The molecule has 1 amide bonds. The first-order valence-electron chi connectivity index (χ1n) is 6.83. The second-order valence-corrected chi connectivity index (χ2v) is 5.81. The molecule has 0 aliphatic rings. The Bertz CT molecular complexity index is 597. The Labute approximate surface area is 128 Å². The number of anilines is 1. The maximum absolute atomic E-state index is 12.3. The Kier molecular flexibility index (Phi) is 5.21. The molecule has 0 radical (unpaired) electrons. The minimum absolute atomic E-state index is 0.178. The molecule has 0 saturated heterocycles. The molecule has 112 valence electrons. The van der Waals surface area contributed by atoms with Crippen LogP contribution in [0.3, 0.4) is 0 Å². The van der Waals surface area contributed by atoms with Gasteiger partial charge in [-0.3, -0.25) is 4.79 Å². The number of amides is 1. The molecule has 2 N–H and O–H groups in total. The topological polar surface area (TPSA) is 79.8 Å². The van der Waals surface area contributed by atoms with Gasteiger partial charge < -0.3 is 10.6 Å². The van der Waals surface area contributed by atoms with Crippen LogP contribution in [0.5, 0.6) is 0 Å². The lowest BCUT2D eigenvalue weighted by molar-refractivity contribution is 0.0949. The highest BCUT2D eigenvalue weighted by molar-refractivity contribution is 7.09. The summed E-state index contributed by atoms with van der Waals surface area (Å²) in [4.78, 5) is 25.1. The molecule has 0 fully saturated rings. The zero-order valence-electron chi connectivity index (χ0n) is 12.4. The molecule has 0 unspecified atom stereocenters. The fourth-order valence-electron chi connectivity index (χ4n) is 1.77. The van der Waals surface area contributed by atoms with Crippen molar-refractivity contribution < 1.29 is 4.79 Å². The van der Waals surface area contributed by atoms with Gasteiger partial charge in [0.15, 0.2) is 5.69 Å². The van der Waals surface area contributed by atoms with Gasteiger partial charge in [0.1, 0.15) is 5.82 Å². The van der Waals surface area contributed by atoms with Gasteiger partial charge in [-0.2, -0.15) is 0 Å². The lowest BCUT2D eigenvalue weighted by Gasteiger charge is -2.11. The van der Waals surface area contributed by atoms with Crippen LogP contribution < -0.4 is 10.6 Å². The molecule has 2 aromatic rings. The van der Waals surface area contributed by atoms with Crippen LogP contribution in [0, 0.1) is 0 Å². The normalized spacial score (nSPS) is 10.7. The van der Waals surface area contributed by atoms with Crippen molar-refractivity contribution >= 4 is 22.9 Å². The highest BCUT2D eigenvalue weighted by Gasteiger charge is 2.15. The molecule has 7 heteroatoms. The van der Waals surface area contributed by atoms with Gasteiger partial charge in [0, 0.05) is 37.5 Å². The summed E-state index contributed by atoms with van der Waals surface area (Å²) < 4.78 is 0. The van der Waals surface area contributed by atoms with E-state index in [1.165, 1.54) is 0 Å². The van der Waals surface area contributed by atoms with E-state index in [-0.39, 0.29) is 11.8 Å². The maximum atomic E-state index is 12.3. The zero-order valence-corrected chi connectivity index (χ0v) is 13.2. The van der Waals surface area contributed by atoms with E-state index < -0.39 is 0 Å².